The molecule has 0 aromatic carbocycles. The standard InChI is InChI=1S/C7H11NO2/c1-3-7(9)10-6(2)4-5-8/h6H,3-4H2,1-2H3. The van der Waals surface area contributed by atoms with Gasteiger partial charge < -0.3 is 4.74 Å². The van der Waals surface area contributed by atoms with Crippen molar-refractivity contribution >= 4 is 5.97 Å². The molecule has 0 aromatic heterocycles. The van der Waals surface area contributed by atoms with Crippen LogP contribution in [0.3, 0.4) is 0 Å². The molecule has 0 aliphatic carbocycles. The van der Waals surface area contributed by atoms with E-state index in [2.05, 4.69) is 0 Å². The minimum absolute atomic E-state index is 0.247. The first-order chi connectivity index (χ1) is 4.70. The number of hydrogen-bond acceptors (Lipinski definition) is 3. The summed E-state index contributed by atoms with van der Waals surface area (Å²) in [5.41, 5.74) is 0. The Kier molecular flexibility index (Phi) is 4.30. The first-order valence-electron chi connectivity index (χ1n) is 3.27. The van der Waals surface area contributed by atoms with Crippen LogP contribution in [0.2, 0.25) is 0 Å². The molecule has 3 nitrogen and oxygen atoms in total. The highest BCUT2D eigenvalue weighted by Gasteiger charge is 2.05. The van der Waals surface area contributed by atoms with Crippen molar-refractivity contribution in [1.29, 1.82) is 5.26 Å². The molecule has 0 amide bonds. The van der Waals surface area contributed by atoms with Crippen LogP contribution < -0.4 is 0 Å². The lowest BCUT2D eigenvalue weighted by Gasteiger charge is -2.07. The Bertz CT molecular complexity index is 148. The predicted molar refractivity (Wildman–Crippen MR) is 36.1 cm³/mol. The zero-order valence-electron chi connectivity index (χ0n) is 6.26. The van der Waals surface area contributed by atoms with Crippen LogP contribution in [0, 0.1) is 11.3 Å². The molecule has 1 atom stereocenters. The number of ether oxygens (including phenoxy) is 1. The maximum atomic E-state index is 10.6. The average Bonchev–Trinajstić information content (AvgIpc) is 1.88. The number of hydrogen-bond donors (Lipinski definition) is 0. The summed E-state index contributed by atoms with van der Waals surface area (Å²) in [4.78, 5) is 10.6. The molecule has 0 radical (unpaired) electrons. The van der Waals surface area contributed by atoms with Crippen LogP contribution in [0.15, 0.2) is 0 Å². The van der Waals surface area contributed by atoms with Gasteiger partial charge in [0.05, 0.1) is 12.5 Å². The Morgan fingerprint density at radius 2 is 2.40 bits per heavy atom. The molecule has 0 rings (SSSR count). The van der Waals surface area contributed by atoms with Crippen molar-refractivity contribution in [2.24, 2.45) is 0 Å². The molecular weight excluding hydrogens is 130 g/mol. The van der Waals surface area contributed by atoms with Crippen LogP contribution in [-0.4, -0.2) is 12.1 Å². The van der Waals surface area contributed by atoms with E-state index >= 15 is 0 Å². The zero-order chi connectivity index (χ0) is 7.98. The van der Waals surface area contributed by atoms with Gasteiger partial charge in [0.2, 0.25) is 0 Å². The van der Waals surface area contributed by atoms with E-state index in [1.807, 2.05) is 6.07 Å². The fourth-order valence-electron chi connectivity index (χ4n) is 0.478. The van der Waals surface area contributed by atoms with Crippen molar-refractivity contribution in [1.82, 2.24) is 0 Å². The smallest absolute Gasteiger partial charge is 0.305 e. The van der Waals surface area contributed by atoms with Crippen LogP contribution >= 0.6 is 0 Å². The molecule has 0 saturated carbocycles. The average molecular weight is 141 g/mol. The molecule has 0 bridgehead atoms. The molecule has 0 heterocycles. The van der Waals surface area contributed by atoms with Gasteiger partial charge in [0, 0.05) is 6.42 Å². The van der Waals surface area contributed by atoms with Gasteiger partial charge in [-0.3, -0.25) is 4.79 Å². The van der Waals surface area contributed by atoms with Crippen molar-refractivity contribution in [3.8, 4) is 6.07 Å². The summed E-state index contributed by atoms with van der Waals surface area (Å²) in [6, 6.07) is 1.92. The van der Waals surface area contributed by atoms with Crippen LogP contribution in [0.1, 0.15) is 26.7 Å². The highest BCUT2D eigenvalue weighted by molar-refractivity contribution is 5.69. The second-order valence-electron chi connectivity index (χ2n) is 2.02. The number of rotatable bonds is 3. The van der Waals surface area contributed by atoms with Gasteiger partial charge in [-0.1, -0.05) is 6.92 Å². The lowest BCUT2D eigenvalue weighted by atomic mass is 10.3. The Morgan fingerprint density at radius 1 is 1.80 bits per heavy atom. The van der Waals surface area contributed by atoms with Gasteiger partial charge in [0.15, 0.2) is 0 Å². The first kappa shape index (κ1) is 8.96. The summed E-state index contributed by atoms with van der Waals surface area (Å²) in [5, 5.41) is 8.18. The fraction of sp³-hybridized carbons (Fsp3) is 0.714. The molecule has 0 fully saturated rings. The van der Waals surface area contributed by atoms with Crippen molar-refractivity contribution in [2.45, 2.75) is 32.8 Å². The zero-order valence-corrected chi connectivity index (χ0v) is 6.26. The second kappa shape index (κ2) is 4.80. The molecule has 0 aliphatic rings. The van der Waals surface area contributed by atoms with Crippen LogP contribution in [0.25, 0.3) is 0 Å². The third-order valence-corrected chi connectivity index (χ3v) is 1.00. The van der Waals surface area contributed by atoms with Gasteiger partial charge in [-0.2, -0.15) is 5.26 Å². The third kappa shape index (κ3) is 3.90. The SMILES string of the molecule is CCC(=O)OC(C)CC#N. The van der Waals surface area contributed by atoms with Gasteiger partial charge in [-0.15, -0.1) is 0 Å². The van der Waals surface area contributed by atoms with Gasteiger partial charge >= 0.3 is 5.97 Å². The molecule has 1 unspecified atom stereocenters. The maximum Gasteiger partial charge on any atom is 0.305 e. The normalized spacial score (nSPS) is 11.7. The van der Waals surface area contributed by atoms with E-state index < -0.39 is 0 Å². The van der Waals surface area contributed by atoms with Crippen LogP contribution in [0.4, 0.5) is 0 Å². The van der Waals surface area contributed by atoms with Gasteiger partial charge in [-0.05, 0) is 6.92 Å². The minimum atomic E-state index is -0.266. The molecule has 56 valence electrons. The monoisotopic (exact) mass is 141 g/mol. The van der Waals surface area contributed by atoms with Crippen LogP contribution in [-0.2, 0) is 9.53 Å². The number of carbonyl (C=O) groups is 1. The predicted octanol–water partition coefficient (Wildman–Crippen LogP) is 1.24. The van der Waals surface area contributed by atoms with E-state index in [4.69, 9.17) is 10.00 Å². The van der Waals surface area contributed by atoms with Gasteiger partial charge in [-0.25, -0.2) is 0 Å². The molecule has 0 N–H and O–H groups in total. The summed E-state index contributed by atoms with van der Waals surface area (Å²) in [7, 11) is 0. The molecule has 10 heavy (non-hydrogen) atoms. The Balaban J connectivity index is 3.49. The largest absolute Gasteiger partial charge is 0.462 e. The first-order valence-corrected chi connectivity index (χ1v) is 3.27. The Morgan fingerprint density at radius 3 is 2.80 bits per heavy atom. The van der Waals surface area contributed by atoms with E-state index in [9.17, 15) is 4.79 Å². The molecule has 3 heteroatoms. The second-order valence-corrected chi connectivity index (χ2v) is 2.02. The fourth-order valence-corrected chi connectivity index (χ4v) is 0.478. The molecule has 0 spiro atoms. The van der Waals surface area contributed by atoms with E-state index in [-0.39, 0.29) is 18.5 Å². The van der Waals surface area contributed by atoms with E-state index in [0.29, 0.717) is 6.42 Å². The molecular formula is C7H11NO2. The number of carbonyl (C=O) groups excluding carboxylic acids is 1. The quantitative estimate of drug-likeness (QED) is 0.555. The topological polar surface area (TPSA) is 50.1 Å². The molecule has 0 aromatic rings. The Labute approximate surface area is 60.6 Å². The number of nitrogens with zero attached hydrogens (tertiary/aromatic N) is 1. The van der Waals surface area contributed by atoms with Crippen LogP contribution in [0.5, 0.6) is 0 Å². The van der Waals surface area contributed by atoms with E-state index in [1.54, 1.807) is 13.8 Å². The maximum absolute atomic E-state index is 10.6. The van der Waals surface area contributed by atoms with Gasteiger partial charge in [0.25, 0.3) is 0 Å². The Hall–Kier alpha value is -1.04. The minimum Gasteiger partial charge on any atom is -0.462 e. The van der Waals surface area contributed by atoms with Crippen molar-refractivity contribution in [3.05, 3.63) is 0 Å². The summed E-state index contributed by atoms with van der Waals surface area (Å²) in [6.07, 6.45) is 0.374. The highest BCUT2D eigenvalue weighted by atomic mass is 16.5. The lowest BCUT2D eigenvalue weighted by molar-refractivity contribution is -0.147. The molecule has 0 saturated heterocycles. The van der Waals surface area contributed by atoms with E-state index in [1.165, 1.54) is 0 Å². The van der Waals surface area contributed by atoms with Crippen molar-refractivity contribution in [2.75, 3.05) is 0 Å². The number of nitriles is 1. The summed E-state index contributed by atoms with van der Waals surface area (Å²) >= 11 is 0. The van der Waals surface area contributed by atoms with E-state index in [0.717, 1.165) is 0 Å². The van der Waals surface area contributed by atoms with Crippen molar-refractivity contribution in [3.63, 3.8) is 0 Å². The highest BCUT2D eigenvalue weighted by Crippen LogP contribution is 1.97. The number of esters is 1. The lowest BCUT2D eigenvalue weighted by Crippen LogP contribution is -2.12. The molecule has 0 aliphatic heterocycles. The summed E-state index contributed by atoms with van der Waals surface area (Å²) in [5.74, 6) is -0.247. The summed E-state index contributed by atoms with van der Waals surface area (Å²) < 4.78 is 4.78. The third-order valence-electron chi connectivity index (χ3n) is 1.00. The van der Waals surface area contributed by atoms with Crippen molar-refractivity contribution < 1.29 is 9.53 Å². The summed E-state index contributed by atoms with van der Waals surface area (Å²) in [6.45, 7) is 3.43. The van der Waals surface area contributed by atoms with Gasteiger partial charge in [0.1, 0.15) is 6.10 Å².